The maximum atomic E-state index is 13.0. The number of hydrogen-bond acceptors (Lipinski definition) is 3. The van der Waals surface area contributed by atoms with Crippen LogP contribution in [0.25, 0.3) is 11.0 Å². The number of hydrogen-bond donors (Lipinski definition) is 0. The molecule has 0 aliphatic carbocycles. The van der Waals surface area contributed by atoms with Gasteiger partial charge in [0.15, 0.2) is 0 Å². The second-order valence-electron chi connectivity index (χ2n) is 9.34. The number of para-hydroxylation sites is 2. The van der Waals surface area contributed by atoms with Crippen LogP contribution in [0.3, 0.4) is 0 Å². The Labute approximate surface area is 182 Å². The molecule has 1 aliphatic heterocycles. The summed E-state index contributed by atoms with van der Waals surface area (Å²) in [5.41, 5.74) is 3.99. The van der Waals surface area contributed by atoms with E-state index in [1.807, 2.05) is 46.0 Å². The van der Waals surface area contributed by atoms with Crippen LogP contribution in [0.5, 0.6) is 0 Å². The third-order valence-electron chi connectivity index (χ3n) is 5.91. The molecule has 0 N–H and O–H groups in total. The summed E-state index contributed by atoms with van der Waals surface area (Å²) in [4.78, 5) is 23.9. The van der Waals surface area contributed by atoms with E-state index in [4.69, 9.17) is 4.98 Å². The zero-order valence-electron chi connectivity index (χ0n) is 18.2. The van der Waals surface area contributed by atoms with Crippen molar-refractivity contribution in [3.8, 4) is 0 Å². The van der Waals surface area contributed by atoms with E-state index < -0.39 is 0 Å². The second-order valence-corrected chi connectivity index (χ2v) is 9.34. The van der Waals surface area contributed by atoms with Gasteiger partial charge in [0.05, 0.1) is 23.4 Å². The van der Waals surface area contributed by atoms with Crippen LogP contribution in [0.1, 0.15) is 48.6 Å². The van der Waals surface area contributed by atoms with E-state index in [0.29, 0.717) is 13.1 Å². The van der Waals surface area contributed by atoms with Gasteiger partial charge in [-0.1, -0.05) is 45.0 Å². The van der Waals surface area contributed by atoms with Crippen LogP contribution in [-0.2, 0) is 12.0 Å². The number of likely N-dealkylation sites (tertiary alicyclic amines) is 1. The van der Waals surface area contributed by atoms with Gasteiger partial charge in [0.25, 0.3) is 5.91 Å². The third-order valence-corrected chi connectivity index (χ3v) is 5.91. The summed E-state index contributed by atoms with van der Waals surface area (Å²) in [6.07, 6.45) is 5.50. The third kappa shape index (κ3) is 3.63. The summed E-state index contributed by atoms with van der Waals surface area (Å²) in [6.45, 7) is 8.74. The fourth-order valence-electron chi connectivity index (χ4n) is 4.25. The summed E-state index contributed by atoms with van der Waals surface area (Å²) < 4.78 is 4.35. The molecule has 6 heteroatoms. The molecule has 4 aromatic rings. The average Bonchev–Trinajstić information content (AvgIpc) is 3.35. The van der Waals surface area contributed by atoms with Crippen molar-refractivity contribution in [3.63, 3.8) is 0 Å². The highest BCUT2D eigenvalue weighted by atomic mass is 16.2. The zero-order chi connectivity index (χ0) is 21.6. The van der Waals surface area contributed by atoms with Crippen molar-refractivity contribution in [1.82, 2.24) is 24.0 Å². The van der Waals surface area contributed by atoms with Crippen LogP contribution < -0.4 is 0 Å². The Bertz CT molecular complexity index is 1210. The Morgan fingerprint density at radius 3 is 2.48 bits per heavy atom. The molecular formula is C25H27N5O. The Kier molecular flexibility index (Phi) is 4.65. The molecule has 0 saturated carbocycles. The number of amides is 1. The first-order valence-electron chi connectivity index (χ1n) is 10.7. The molecule has 3 heterocycles. The summed E-state index contributed by atoms with van der Waals surface area (Å²) >= 11 is 0. The number of imidazole rings is 2. The van der Waals surface area contributed by atoms with Crippen LogP contribution in [-0.4, -0.2) is 43.0 Å². The van der Waals surface area contributed by atoms with Crippen LogP contribution in [0.2, 0.25) is 0 Å². The lowest BCUT2D eigenvalue weighted by Gasteiger charge is -2.42. The minimum absolute atomic E-state index is 0.0610. The van der Waals surface area contributed by atoms with Crippen LogP contribution >= 0.6 is 0 Å². The standard InChI is InChI=1S/C25H27N5O/c1-25(2,3)24-27-21-6-4-5-7-22(21)30(24)20-15-29(16-20)23(31)19-10-8-18(9-11-19)14-28-13-12-26-17-28/h4-13,17,20H,14-16H2,1-3H3. The summed E-state index contributed by atoms with van der Waals surface area (Å²) in [5, 5.41) is 0. The number of carbonyl (C=O) groups is 1. The van der Waals surface area contributed by atoms with Crippen LogP contribution in [0.4, 0.5) is 0 Å². The molecule has 0 spiro atoms. The lowest BCUT2D eigenvalue weighted by Crippen LogP contribution is -2.51. The van der Waals surface area contributed by atoms with Crippen LogP contribution in [0.15, 0.2) is 67.3 Å². The van der Waals surface area contributed by atoms with Gasteiger partial charge in [0, 0.05) is 43.0 Å². The van der Waals surface area contributed by atoms with Gasteiger partial charge in [-0.3, -0.25) is 4.79 Å². The summed E-state index contributed by atoms with van der Waals surface area (Å²) in [6, 6.07) is 16.4. The molecule has 2 aromatic heterocycles. The van der Waals surface area contributed by atoms with Crippen molar-refractivity contribution in [3.05, 3.63) is 84.2 Å². The van der Waals surface area contributed by atoms with Gasteiger partial charge in [-0.05, 0) is 29.8 Å². The van der Waals surface area contributed by atoms with Gasteiger partial charge in [0.1, 0.15) is 5.82 Å². The van der Waals surface area contributed by atoms with E-state index in [-0.39, 0.29) is 17.4 Å². The number of benzene rings is 2. The van der Waals surface area contributed by atoms with Crippen molar-refractivity contribution < 1.29 is 4.79 Å². The van der Waals surface area contributed by atoms with E-state index in [0.717, 1.165) is 34.5 Å². The maximum Gasteiger partial charge on any atom is 0.253 e. The molecule has 0 atom stereocenters. The normalized spacial score (nSPS) is 14.7. The van der Waals surface area contributed by atoms with E-state index in [1.54, 1.807) is 12.5 Å². The minimum Gasteiger partial charge on any atom is -0.334 e. The number of carbonyl (C=O) groups excluding carboxylic acids is 1. The molecule has 0 unspecified atom stereocenters. The first-order chi connectivity index (χ1) is 14.9. The Hall–Kier alpha value is -3.41. The van der Waals surface area contributed by atoms with E-state index in [9.17, 15) is 4.79 Å². The van der Waals surface area contributed by atoms with Crippen LogP contribution in [0, 0.1) is 0 Å². The Morgan fingerprint density at radius 1 is 1.06 bits per heavy atom. The molecule has 0 bridgehead atoms. The summed E-state index contributed by atoms with van der Waals surface area (Å²) in [5.74, 6) is 1.17. The predicted octanol–water partition coefficient (Wildman–Crippen LogP) is 4.28. The number of rotatable bonds is 4. The van der Waals surface area contributed by atoms with Gasteiger partial charge < -0.3 is 14.0 Å². The van der Waals surface area contributed by atoms with Crippen molar-refractivity contribution >= 4 is 16.9 Å². The minimum atomic E-state index is -0.0610. The van der Waals surface area contributed by atoms with E-state index in [2.05, 4.69) is 48.5 Å². The monoisotopic (exact) mass is 413 g/mol. The number of nitrogens with zero attached hydrogens (tertiary/aromatic N) is 5. The lowest BCUT2D eigenvalue weighted by molar-refractivity contribution is 0.0518. The second kappa shape index (κ2) is 7.38. The SMILES string of the molecule is CC(C)(C)c1nc2ccccc2n1C1CN(C(=O)c2ccc(Cn3ccnc3)cc2)C1. The highest BCUT2D eigenvalue weighted by Gasteiger charge is 2.36. The summed E-state index contributed by atoms with van der Waals surface area (Å²) in [7, 11) is 0. The van der Waals surface area contributed by atoms with Crippen molar-refractivity contribution in [1.29, 1.82) is 0 Å². The quantitative estimate of drug-likeness (QED) is 0.502. The average molecular weight is 414 g/mol. The number of fused-ring (bicyclic) bond motifs is 1. The largest absolute Gasteiger partial charge is 0.334 e. The van der Waals surface area contributed by atoms with Gasteiger partial charge in [-0.15, -0.1) is 0 Å². The lowest BCUT2D eigenvalue weighted by atomic mass is 9.94. The molecular weight excluding hydrogens is 386 g/mol. The van der Waals surface area contributed by atoms with E-state index >= 15 is 0 Å². The van der Waals surface area contributed by atoms with Gasteiger partial charge in [-0.2, -0.15) is 0 Å². The Balaban J connectivity index is 1.31. The highest BCUT2D eigenvalue weighted by Crippen LogP contribution is 2.33. The fraction of sp³-hybridized carbons (Fsp3) is 0.320. The highest BCUT2D eigenvalue weighted by molar-refractivity contribution is 5.94. The molecule has 5 rings (SSSR count). The molecule has 31 heavy (non-hydrogen) atoms. The first kappa shape index (κ1) is 19.5. The molecule has 0 radical (unpaired) electrons. The maximum absolute atomic E-state index is 13.0. The Morgan fingerprint density at radius 2 is 1.81 bits per heavy atom. The number of aromatic nitrogens is 4. The molecule has 1 aliphatic rings. The van der Waals surface area contributed by atoms with Crippen molar-refractivity contribution in [2.75, 3.05) is 13.1 Å². The molecule has 158 valence electrons. The first-order valence-corrected chi connectivity index (χ1v) is 10.7. The fourth-order valence-corrected chi connectivity index (χ4v) is 4.25. The van der Waals surface area contributed by atoms with Crippen molar-refractivity contribution in [2.45, 2.75) is 38.8 Å². The smallest absolute Gasteiger partial charge is 0.253 e. The van der Waals surface area contributed by atoms with E-state index in [1.165, 1.54) is 0 Å². The van der Waals surface area contributed by atoms with Gasteiger partial charge in [0.2, 0.25) is 0 Å². The molecule has 1 saturated heterocycles. The van der Waals surface area contributed by atoms with Crippen molar-refractivity contribution in [2.24, 2.45) is 0 Å². The molecule has 1 fully saturated rings. The topological polar surface area (TPSA) is 56.0 Å². The molecule has 6 nitrogen and oxygen atoms in total. The predicted molar refractivity (Wildman–Crippen MR) is 121 cm³/mol. The van der Waals surface area contributed by atoms with Gasteiger partial charge >= 0.3 is 0 Å². The molecule has 2 aromatic carbocycles. The zero-order valence-corrected chi connectivity index (χ0v) is 18.2. The van der Waals surface area contributed by atoms with Gasteiger partial charge in [-0.25, -0.2) is 9.97 Å². The molecule has 1 amide bonds.